The monoisotopic (exact) mass is 486 g/mol. The Morgan fingerprint density at radius 3 is 2.33 bits per heavy atom. The third-order valence-electron chi connectivity index (χ3n) is 5.93. The van der Waals surface area contributed by atoms with Crippen LogP contribution in [0.5, 0.6) is 0 Å². The lowest BCUT2D eigenvalue weighted by Gasteiger charge is -2.22. The Morgan fingerprint density at radius 2 is 1.67 bits per heavy atom. The zero-order valence-corrected chi connectivity index (χ0v) is 20.2. The molecule has 2 heterocycles. The lowest BCUT2D eigenvalue weighted by Crippen LogP contribution is -2.32. The maximum atomic E-state index is 13.7. The van der Waals surface area contributed by atoms with Crippen LogP contribution in [0.2, 0.25) is 0 Å². The number of likely N-dealkylation sites (tertiary alicyclic amines) is 1. The van der Waals surface area contributed by atoms with E-state index in [2.05, 4.69) is 0 Å². The number of ether oxygens (including phenoxy) is 1. The zero-order chi connectivity index (χ0) is 23.6. The summed E-state index contributed by atoms with van der Waals surface area (Å²) >= 11 is 1.41. The number of nitrogens with zero attached hydrogens (tertiary/aromatic N) is 2. The molecule has 0 unspecified atom stereocenters. The Kier molecular flexibility index (Phi) is 6.81. The Morgan fingerprint density at radius 1 is 0.970 bits per heavy atom. The van der Waals surface area contributed by atoms with E-state index in [0.717, 1.165) is 34.6 Å². The van der Waals surface area contributed by atoms with E-state index in [1.165, 1.54) is 37.2 Å². The number of aromatic nitrogens is 1. The van der Waals surface area contributed by atoms with Crippen LogP contribution in [0.15, 0.2) is 58.5 Å². The molecule has 0 aliphatic carbocycles. The van der Waals surface area contributed by atoms with E-state index in [1.807, 2.05) is 11.2 Å². The number of carbonyl (C=O) groups is 2. The van der Waals surface area contributed by atoms with Gasteiger partial charge < -0.3 is 9.64 Å². The van der Waals surface area contributed by atoms with Crippen LogP contribution in [0.3, 0.4) is 0 Å². The molecule has 1 saturated heterocycles. The van der Waals surface area contributed by atoms with Gasteiger partial charge in [0, 0.05) is 29.6 Å². The number of hydrogen-bond donors (Lipinski definition) is 0. The largest absolute Gasteiger partial charge is 0.465 e. The maximum absolute atomic E-state index is 13.7. The number of benzene rings is 2. The third-order valence-corrected chi connectivity index (χ3v) is 8.40. The lowest BCUT2D eigenvalue weighted by atomic mass is 10.2. The minimum Gasteiger partial charge on any atom is -0.465 e. The Hall–Kier alpha value is -2.78. The molecule has 0 spiro atoms. The van der Waals surface area contributed by atoms with Crippen molar-refractivity contribution >= 4 is 44.6 Å². The number of fused-ring (bicyclic) bond motifs is 1. The van der Waals surface area contributed by atoms with Gasteiger partial charge >= 0.3 is 5.97 Å². The molecule has 0 bridgehead atoms. The Bertz CT molecular complexity index is 1310. The molecule has 1 fully saturated rings. The van der Waals surface area contributed by atoms with Crippen molar-refractivity contribution in [1.82, 2.24) is 8.87 Å². The van der Waals surface area contributed by atoms with Crippen LogP contribution in [0.25, 0.3) is 10.9 Å². The predicted molar refractivity (Wildman–Crippen MR) is 128 cm³/mol. The van der Waals surface area contributed by atoms with Crippen LogP contribution in [0.1, 0.15) is 46.4 Å². The molecule has 1 aromatic heterocycles. The molecule has 1 aliphatic heterocycles. The number of para-hydroxylation sites is 1. The van der Waals surface area contributed by atoms with E-state index in [0.29, 0.717) is 29.6 Å². The van der Waals surface area contributed by atoms with Gasteiger partial charge in [0.05, 0.1) is 28.6 Å². The SMILES string of the molecule is COC(=O)c1cn(S(=O)(=O)c2ccc(SC)c(C(=O)N3CCCCCC3)c2)c2ccccc12. The average Bonchev–Trinajstić information content (AvgIpc) is 3.03. The molecule has 7 nitrogen and oxygen atoms in total. The minimum absolute atomic E-state index is 0.00404. The summed E-state index contributed by atoms with van der Waals surface area (Å²) in [6.45, 7) is 1.35. The van der Waals surface area contributed by atoms with Gasteiger partial charge in [-0.05, 0) is 43.4 Å². The molecular formula is C24H26N2O5S2. The molecule has 0 radical (unpaired) electrons. The van der Waals surface area contributed by atoms with E-state index in [1.54, 1.807) is 30.3 Å². The number of amides is 1. The number of carbonyl (C=O) groups excluding carboxylic acids is 2. The molecule has 9 heteroatoms. The van der Waals surface area contributed by atoms with Gasteiger partial charge in [-0.3, -0.25) is 4.79 Å². The van der Waals surface area contributed by atoms with Gasteiger partial charge in [0.15, 0.2) is 0 Å². The summed E-state index contributed by atoms with van der Waals surface area (Å²) < 4.78 is 33.2. The van der Waals surface area contributed by atoms with Crippen LogP contribution in [-0.4, -0.2) is 55.6 Å². The van der Waals surface area contributed by atoms with Crippen molar-refractivity contribution in [3.05, 3.63) is 59.8 Å². The Balaban J connectivity index is 1.82. The maximum Gasteiger partial charge on any atom is 0.340 e. The molecular weight excluding hydrogens is 460 g/mol. The van der Waals surface area contributed by atoms with E-state index in [-0.39, 0.29) is 16.4 Å². The average molecular weight is 487 g/mol. The molecule has 0 atom stereocenters. The van der Waals surface area contributed by atoms with Crippen LogP contribution in [0.4, 0.5) is 0 Å². The van der Waals surface area contributed by atoms with Gasteiger partial charge in [0.1, 0.15) is 0 Å². The van der Waals surface area contributed by atoms with Crippen LogP contribution in [-0.2, 0) is 14.8 Å². The molecule has 4 rings (SSSR count). The van der Waals surface area contributed by atoms with Crippen LogP contribution < -0.4 is 0 Å². The van der Waals surface area contributed by atoms with E-state index < -0.39 is 16.0 Å². The van der Waals surface area contributed by atoms with Crippen molar-refractivity contribution in [2.24, 2.45) is 0 Å². The normalized spacial score (nSPS) is 14.8. The Labute approximate surface area is 197 Å². The molecule has 0 N–H and O–H groups in total. The summed E-state index contributed by atoms with van der Waals surface area (Å²) in [7, 11) is -2.82. The van der Waals surface area contributed by atoms with E-state index in [4.69, 9.17) is 4.74 Å². The summed E-state index contributed by atoms with van der Waals surface area (Å²) in [5.41, 5.74) is 0.917. The molecule has 33 heavy (non-hydrogen) atoms. The van der Waals surface area contributed by atoms with Crippen LogP contribution >= 0.6 is 11.8 Å². The topological polar surface area (TPSA) is 85.7 Å². The van der Waals surface area contributed by atoms with Crippen molar-refractivity contribution in [3.63, 3.8) is 0 Å². The van der Waals surface area contributed by atoms with Gasteiger partial charge in [-0.1, -0.05) is 31.0 Å². The van der Waals surface area contributed by atoms with Gasteiger partial charge in [0.2, 0.25) is 0 Å². The standard InChI is InChI=1S/C24H26N2O5S2/c1-31-24(28)20-16-26(21-10-6-5-9-18(20)21)33(29,30)17-11-12-22(32-2)19(15-17)23(27)25-13-7-3-4-8-14-25/h5-6,9-12,15-16H,3-4,7-8,13-14H2,1-2H3. The molecule has 3 aromatic rings. The zero-order valence-electron chi connectivity index (χ0n) is 18.6. The first-order chi connectivity index (χ1) is 15.9. The molecule has 2 aromatic carbocycles. The van der Waals surface area contributed by atoms with Gasteiger partial charge in [-0.15, -0.1) is 11.8 Å². The van der Waals surface area contributed by atoms with Crippen molar-refractivity contribution in [2.75, 3.05) is 26.5 Å². The molecule has 0 saturated carbocycles. The second-order valence-electron chi connectivity index (χ2n) is 7.92. The third kappa shape index (κ3) is 4.39. The van der Waals surface area contributed by atoms with Crippen molar-refractivity contribution < 1.29 is 22.7 Å². The number of hydrogen-bond acceptors (Lipinski definition) is 6. The van der Waals surface area contributed by atoms with E-state index in [9.17, 15) is 18.0 Å². The highest BCUT2D eigenvalue weighted by Gasteiger charge is 2.27. The molecule has 1 amide bonds. The summed E-state index contributed by atoms with van der Waals surface area (Å²) in [5.74, 6) is -0.763. The summed E-state index contributed by atoms with van der Waals surface area (Å²) in [4.78, 5) is 28.1. The highest BCUT2D eigenvalue weighted by atomic mass is 32.2. The van der Waals surface area contributed by atoms with Crippen molar-refractivity contribution in [3.8, 4) is 0 Å². The van der Waals surface area contributed by atoms with Gasteiger partial charge in [-0.2, -0.15) is 0 Å². The van der Waals surface area contributed by atoms with Gasteiger partial charge in [-0.25, -0.2) is 17.2 Å². The fourth-order valence-corrected chi connectivity index (χ4v) is 6.16. The second-order valence-corrected chi connectivity index (χ2v) is 10.6. The van der Waals surface area contributed by atoms with Crippen molar-refractivity contribution in [1.29, 1.82) is 0 Å². The first-order valence-corrected chi connectivity index (χ1v) is 13.5. The number of esters is 1. The molecule has 1 aliphatic rings. The highest BCUT2D eigenvalue weighted by Crippen LogP contribution is 2.30. The fourth-order valence-electron chi connectivity index (χ4n) is 4.19. The predicted octanol–water partition coefficient (Wildman–Crippen LogP) is 4.40. The smallest absolute Gasteiger partial charge is 0.340 e. The highest BCUT2D eigenvalue weighted by molar-refractivity contribution is 7.98. The summed E-state index contributed by atoms with van der Waals surface area (Å²) in [5, 5.41) is 0.481. The van der Waals surface area contributed by atoms with Gasteiger partial charge in [0.25, 0.3) is 15.9 Å². The van der Waals surface area contributed by atoms with E-state index >= 15 is 0 Å². The first-order valence-electron chi connectivity index (χ1n) is 10.8. The summed E-state index contributed by atoms with van der Waals surface area (Å²) in [6.07, 6.45) is 7.23. The van der Waals surface area contributed by atoms with Crippen LogP contribution in [0, 0.1) is 0 Å². The lowest BCUT2D eigenvalue weighted by molar-refractivity contribution is 0.0602. The second kappa shape index (κ2) is 9.61. The fraction of sp³-hybridized carbons (Fsp3) is 0.333. The first kappa shape index (κ1) is 23.4. The van der Waals surface area contributed by atoms with Crippen molar-refractivity contribution in [2.45, 2.75) is 35.5 Å². The molecule has 174 valence electrons. The quantitative estimate of drug-likeness (QED) is 0.392. The number of thioether (sulfide) groups is 1. The summed E-state index contributed by atoms with van der Waals surface area (Å²) in [6, 6.07) is 11.4. The number of methoxy groups -OCH3 is 1. The minimum atomic E-state index is -4.08. The number of rotatable bonds is 5.